The molecule has 1 aromatic heterocycles. The van der Waals surface area contributed by atoms with Crippen LogP contribution in [0.1, 0.15) is 21.7 Å². The van der Waals surface area contributed by atoms with Crippen molar-refractivity contribution < 1.29 is 19.7 Å². The number of rotatable bonds is 7. The quantitative estimate of drug-likeness (QED) is 0.785. The molecule has 0 amide bonds. The number of aromatic carboxylic acids is 1. The van der Waals surface area contributed by atoms with Crippen LogP contribution in [0.5, 0.6) is 0 Å². The van der Waals surface area contributed by atoms with E-state index in [2.05, 4.69) is 10.3 Å². The van der Waals surface area contributed by atoms with Gasteiger partial charge < -0.3 is 14.9 Å². The maximum Gasteiger partial charge on any atom is 0.358 e. The number of ether oxygens (including phenoxy) is 1. The molecule has 112 valence electrons. The fourth-order valence-corrected chi connectivity index (χ4v) is 1.87. The molecule has 0 radical (unpaired) electrons. The summed E-state index contributed by atoms with van der Waals surface area (Å²) < 4.78 is 6.78. The maximum atomic E-state index is 10.8. The minimum Gasteiger partial charge on any atom is -0.476 e. The van der Waals surface area contributed by atoms with Crippen LogP contribution in [0.25, 0.3) is 0 Å². The number of carboxylic acid groups (broad SMARTS) is 1. The number of aliphatic hydroxyl groups is 1. The fourth-order valence-electron chi connectivity index (χ4n) is 1.87. The first-order valence-electron chi connectivity index (χ1n) is 6.51. The number of aliphatic hydroxyl groups excluding tert-OH is 1. The van der Waals surface area contributed by atoms with Crippen molar-refractivity contribution in [2.24, 2.45) is 0 Å². The zero-order valence-corrected chi connectivity index (χ0v) is 11.6. The Morgan fingerprint density at radius 2 is 2.10 bits per heavy atom. The summed E-state index contributed by atoms with van der Waals surface area (Å²) >= 11 is 0. The molecular weight excluding hydrogens is 274 g/mol. The van der Waals surface area contributed by atoms with E-state index in [1.807, 2.05) is 30.3 Å². The average molecular weight is 291 g/mol. The number of nitrogens with zero attached hydrogens (tertiary/aromatic N) is 3. The predicted octanol–water partition coefficient (Wildman–Crippen LogP) is 0.862. The lowest BCUT2D eigenvalue weighted by atomic mass is 10.2. The van der Waals surface area contributed by atoms with E-state index in [0.29, 0.717) is 12.3 Å². The van der Waals surface area contributed by atoms with E-state index in [9.17, 15) is 9.90 Å². The minimum absolute atomic E-state index is 0.104. The van der Waals surface area contributed by atoms with Gasteiger partial charge in [0, 0.05) is 0 Å². The summed E-state index contributed by atoms with van der Waals surface area (Å²) in [4.78, 5) is 10.8. The molecule has 2 rings (SSSR count). The summed E-state index contributed by atoms with van der Waals surface area (Å²) in [6.45, 7) is 2.28. The van der Waals surface area contributed by atoms with E-state index in [4.69, 9.17) is 9.84 Å². The molecule has 1 heterocycles. The highest BCUT2D eigenvalue weighted by Crippen LogP contribution is 2.06. The molecular formula is C14H17N3O4. The molecule has 0 aliphatic heterocycles. The Morgan fingerprint density at radius 3 is 2.71 bits per heavy atom. The van der Waals surface area contributed by atoms with Crippen molar-refractivity contribution in [2.75, 3.05) is 6.61 Å². The molecule has 0 spiro atoms. The van der Waals surface area contributed by atoms with Crippen molar-refractivity contribution >= 4 is 5.97 Å². The molecule has 1 aromatic carbocycles. The van der Waals surface area contributed by atoms with Gasteiger partial charge in [0.15, 0.2) is 5.69 Å². The van der Waals surface area contributed by atoms with Gasteiger partial charge in [-0.1, -0.05) is 35.5 Å². The first-order chi connectivity index (χ1) is 10.1. The van der Waals surface area contributed by atoms with Crippen LogP contribution in [-0.2, 0) is 17.9 Å². The molecule has 0 bridgehead atoms. The highest BCUT2D eigenvalue weighted by molar-refractivity contribution is 5.86. The SMILES string of the molecule is Cc1c(C(=O)O)nnn1CC(O)COCc1ccccc1. The molecule has 1 unspecified atom stereocenters. The smallest absolute Gasteiger partial charge is 0.358 e. The summed E-state index contributed by atoms with van der Waals surface area (Å²) in [5.74, 6) is -1.13. The summed E-state index contributed by atoms with van der Waals surface area (Å²) in [6, 6.07) is 9.63. The molecule has 1 atom stereocenters. The Kier molecular flexibility index (Phi) is 5.02. The van der Waals surface area contributed by atoms with Gasteiger partial charge in [-0.15, -0.1) is 5.10 Å². The lowest BCUT2D eigenvalue weighted by Crippen LogP contribution is -2.23. The lowest BCUT2D eigenvalue weighted by Gasteiger charge is -2.12. The molecule has 2 N–H and O–H groups in total. The van der Waals surface area contributed by atoms with Gasteiger partial charge in [-0.25, -0.2) is 9.48 Å². The Labute approximate surface area is 121 Å². The van der Waals surface area contributed by atoms with Crippen LogP contribution in [0.2, 0.25) is 0 Å². The van der Waals surface area contributed by atoms with Crippen molar-refractivity contribution in [2.45, 2.75) is 26.2 Å². The highest BCUT2D eigenvalue weighted by atomic mass is 16.5. The second-order valence-electron chi connectivity index (χ2n) is 4.67. The third kappa shape index (κ3) is 4.11. The van der Waals surface area contributed by atoms with E-state index >= 15 is 0 Å². The minimum atomic E-state index is -1.13. The lowest BCUT2D eigenvalue weighted by molar-refractivity contribution is 0.0182. The molecule has 2 aromatic rings. The van der Waals surface area contributed by atoms with Crippen LogP contribution < -0.4 is 0 Å². The van der Waals surface area contributed by atoms with E-state index < -0.39 is 12.1 Å². The maximum absolute atomic E-state index is 10.8. The van der Waals surface area contributed by atoms with Gasteiger partial charge in [-0.3, -0.25) is 0 Å². The van der Waals surface area contributed by atoms with E-state index in [1.54, 1.807) is 6.92 Å². The molecule has 7 nitrogen and oxygen atoms in total. The number of carboxylic acids is 1. The summed E-state index contributed by atoms with van der Waals surface area (Å²) in [5, 5.41) is 26.0. The molecule has 0 aliphatic carbocycles. The number of hydrogen-bond acceptors (Lipinski definition) is 5. The van der Waals surface area contributed by atoms with Crippen molar-refractivity contribution in [1.29, 1.82) is 0 Å². The van der Waals surface area contributed by atoms with Crippen molar-refractivity contribution in [3.63, 3.8) is 0 Å². The predicted molar refractivity (Wildman–Crippen MR) is 73.8 cm³/mol. The zero-order chi connectivity index (χ0) is 15.2. The van der Waals surface area contributed by atoms with Gasteiger partial charge in [-0.2, -0.15) is 0 Å². The standard InChI is InChI=1S/C14H17N3O4/c1-10-13(14(19)20)15-16-17(10)7-12(18)9-21-8-11-5-3-2-4-6-11/h2-6,12,18H,7-9H2,1H3,(H,19,20). The second-order valence-corrected chi connectivity index (χ2v) is 4.67. The van der Waals surface area contributed by atoms with Crippen LogP contribution in [0.15, 0.2) is 30.3 Å². The van der Waals surface area contributed by atoms with E-state index in [-0.39, 0.29) is 18.8 Å². The second kappa shape index (κ2) is 6.96. The van der Waals surface area contributed by atoms with Gasteiger partial charge in [-0.05, 0) is 12.5 Å². The van der Waals surface area contributed by atoms with Crippen LogP contribution in [0, 0.1) is 6.92 Å². The van der Waals surface area contributed by atoms with Gasteiger partial charge in [0.1, 0.15) is 0 Å². The molecule has 0 aliphatic rings. The normalized spacial score (nSPS) is 12.3. The topological polar surface area (TPSA) is 97.5 Å². The molecule has 0 saturated carbocycles. The van der Waals surface area contributed by atoms with Crippen molar-refractivity contribution in [3.05, 3.63) is 47.3 Å². The van der Waals surface area contributed by atoms with Gasteiger partial charge in [0.2, 0.25) is 0 Å². The Hall–Kier alpha value is -2.25. The summed E-state index contributed by atoms with van der Waals surface area (Å²) in [7, 11) is 0. The van der Waals surface area contributed by atoms with Crippen LogP contribution in [0.4, 0.5) is 0 Å². The Bertz CT molecular complexity index is 598. The molecule has 0 saturated heterocycles. The first-order valence-corrected chi connectivity index (χ1v) is 6.51. The van der Waals surface area contributed by atoms with Gasteiger partial charge in [0.25, 0.3) is 0 Å². The fraction of sp³-hybridized carbons (Fsp3) is 0.357. The van der Waals surface area contributed by atoms with Crippen molar-refractivity contribution in [1.82, 2.24) is 15.0 Å². The molecule has 21 heavy (non-hydrogen) atoms. The first kappa shape index (κ1) is 15.1. The van der Waals surface area contributed by atoms with Crippen LogP contribution in [-0.4, -0.2) is 43.9 Å². The van der Waals surface area contributed by atoms with Gasteiger partial charge >= 0.3 is 5.97 Å². The Morgan fingerprint density at radius 1 is 1.38 bits per heavy atom. The highest BCUT2D eigenvalue weighted by Gasteiger charge is 2.17. The monoisotopic (exact) mass is 291 g/mol. The van der Waals surface area contributed by atoms with E-state index in [1.165, 1.54) is 4.68 Å². The van der Waals surface area contributed by atoms with E-state index in [0.717, 1.165) is 5.56 Å². The van der Waals surface area contributed by atoms with Crippen LogP contribution in [0.3, 0.4) is 0 Å². The number of benzene rings is 1. The molecule has 7 heteroatoms. The number of carbonyl (C=O) groups is 1. The zero-order valence-electron chi connectivity index (χ0n) is 11.6. The van der Waals surface area contributed by atoms with Gasteiger partial charge in [0.05, 0.1) is 31.6 Å². The Balaban J connectivity index is 1.82. The van der Waals surface area contributed by atoms with Crippen LogP contribution >= 0.6 is 0 Å². The third-order valence-electron chi connectivity index (χ3n) is 2.99. The molecule has 0 fully saturated rings. The average Bonchev–Trinajstić information content (AvgIpc) is 2.81. The number of aromatic nitrogens is 3. The number of hydrogen-bond donors (Lipinski definition) is 2. The largest absolute Gasteiger partial charge is 0.476 e. The summed E-state index contributed by atoms with van der Waals surface area (Å²) in [6.07, 6.45) is -0.782. The third-order valence-corrected chi connectivity index (χ3v) is 2.99. The summed E-state index contributed by atoms with van der Waals surface area (Å²) in [5.41, 5.74) is 1.33. The van der Waals surface area contributed by atoms with Crippen molar-refractivity contribution in [3.8, 4) is 0 Å².